The fourth-order valence-electron chi connectivity index (χ4n) is 2.20. The maximum absolute atomic E-state index is 14.0. The minimum atomic E-state index is -4.23. The molecule has 2 aromatic heterocycles. The van der Waals surface area contributed by atoms with Gasteiger partial charge in [-0.15, -0.1) is 0 Å². The van der Waals surface area contributed by atoms with Crippen molar-refractivity contribution in [2.24, 2.45) is 0 Å². The minimum absolute atomic E-state index is 0.118. The van der Waals surface area contributed by atoms with Gasteiger partial charge in [0.15, 0.2) is 0 Å². The van der Waals surface area contributed by atoms with Crippen molar-refractivity contribution in [1.82, 2.24) is 4.31 Å². The number of rotatable bonds is 6. The van der Waals surface area contributed by atoms with Crippen LogP contribution in [0.1, 0.15) is 11.5 Å². The van der Waals surface area contributed by atoms with Crippen molar-refractivity contribution in [2.45, 2.75) is 18.0 Å². The molecule has 0 N–H and O–H groups in total. The topological polar surface area (TPSA) is 63.7 Å². The highest BCUT2D eigenvalue weighted by Crippen LogP contribution is 2.24. The number of furan rings is 2. The predicted molar refractivity (Wildman–Crippen MR) is 80.2 cm³/mol. The van der Waals surface area contributed by atoms with Gasteiger partial charge in [-0.2, -0.15) is 4.31 Å². The van der Waals surface area contributed by atoms with Crippen LogP contribution in [0.4, 0.5) is 8.78 Å². The van der Waals surface area contributed by atoms with Gasteiger partial charge in [0.25, 0.3) is 0 Å². The first-order valence-electron chi connectivity index (χ1n) is 6.97. The zero-order valence-electron chi connectivity index (χ0n) is 12.4. The molecule has 0 amide bonds. The Labute approximate surface area is 137 Å². The van der Waals surface area contributed by atoms with Gasteiger partial charge in [0.1, 0.15) is 28.1 Å². The van der Waals surface area contributed by atoms with Gasteiger partial charge < -0.3 is 8.83 Å². The van der Waals surface area contributed by atoms with Crippen molar-refractivity contribution < 1.29 is 26.0 Å². The van der Waals surface area contributed by atoms with E-state index in [0.717, 1.165) is 16.4 Å². The Morgan fingerprint density at radius 1 is 0.917 bits per heavy atom. The normalized spacial score (nSPS) is 12.0. The fourth-order valence-corrected chi connectivity index (χ4v) is 3.62. The molecule has 0 saturated carbocycles. The zero-order chi connectivity index (χ0) is 17.2. The van der Waals surface area contributed by atoms with Crippen LogP contribution < -0.4 is 0 Å². The van der Waals surface area contributed by atoms with Gasteiger partial charge in [0.05, 0.1) is 25.6 Å². The average Bonchev–Trinajstić information content (AvgIpc) is 3.19. The van der Waals surface area contributed by atoms with Crippen LogP contribution in [0, 0.1) is 11.6 Å². The molecule has 0 aliphatic rings. The summed E-state index contributed by atoms with van der Waals surface area (Å²) in [4.78, 5) is -0.609. The summed E-state index contributed by atoms with van der Waals surface area (Å²) < 4.78 is 64.0. The Morgan fingerprint density at radius 2 is 1.50 bits per heavy atom. The Bertz CT molecular complexity index is 869. The number of hydrogen-bond donors (Lipinski definition) is 0. The van der Waals surface area contributed by atoms with E-state index in [9.17, 15) is 17.2 Å². The molecule has 0 spiro atoms. The Balaban J connectivity index is 1.99. The van der Waals surface area contributed by atoms with Crippen LogP contribution in [0.3, 0.4) is 0 Å². The number of benzene rings is 1. The monoisotopic (exact) mass is 353 g/mol. The van der Waals surface area contributed by atoms with Gasteiger partial charge in [-0.1, -0.05) is 0 Å². The van der Waals surface area contributed by atoms with Crippen molar-refractivity contribution in [3.8, 4) is 0 Å². The van der Waals surface area contributed by atoms with Crippen molar-refractivity contribution in [1.29, 1.82) is 0 Å². The molecule has 8 heteroatoms. The van der Waals surface area contributed by atoms with Gasteiger partial charge in [0.2, 0.25) is 10.0 Å². The van der Waals surface area contributed by atoms with E-state index in [1.807, 2.05) is 0 Å². The lowest BCUT2D eigenvalue weighted by molar-refractivity contribution is 0.329. The standard InChI is InChI=1S/C16H13F2NO4S/c17-12-5-6-16(15(18)9-12)24(20,21)19(10-13-3-1-7-22-13)11-14-4-2-8-23-14/h1-9H,10-11H2. The minimum Gasteiger partial charge on any atom is -0.468 e. The van der Waals surface area contributed by atoms with E-state index in [1.165, 1.54) is 12.5 Å². The van der Waals surface area contributed by atoms with Gasteiger partial charge in [-0.05, 0) is 36.4 Å². The van der Waals surface area contributed by atoms with Gasteiger partial charge in [-0.3, -0.25) is 0 Å². The molecule has 0 fully saturated rings. The van der Waals surface area contributed by atoms with Crippen LogP contribution in [0.2, 0.25) is 0 Å². The molecule has 0 atom stereocenters. The highest BCUT2D eigenvalue weighted by molar-refractivity contribution is 7.89. The second-order valence-electron chi connectivity index (χ2n) is 5.01. The fraction of sp³-hybridized carbons (Fsp3) is 0.125. The molecule has 1 aromatic carbocycles. The molecule has 0 aliphatic heterocycles. The van der Waals surface area contributed by atoms with Crippen LogP contribution in [0.5, 0.6) is 0 Å². The summed E-state index contributed by atoms with van der Waals surface area (Å²) in [5.41, 5.74) is 0. The van der Waals surface area contributed by atoms with E-state index in [4.69, 9.17) is 8.83 Å². The molecule has 5 nitrogen and oxygen atoms in total. The molecule has 0 radical (unpaired) electrons. The molecule has 24 heavy (non-hydrogen) atoms. The number of sulfonamides is 1. The maximum Gasteiger partial charge on any atom is 0.246 e. The van der Waals surface area contributed by atoms with Gasteiger partial charge in [-0.25, -0.2) is 17.2 Å². The van der Waals surface area contributed by atoms with Crippen LogP contribution in [0.15, 0.2) is 68.7 Å². The van der Waals surface area contributed by atoms with Crippen LogP contribution in [0.25, 0.3) is 0 Å². The van der Waals surface area contributed by atoms with Crippen molar-refractivity contribution in [2.75, 3.05) is 0 Å². The lowest BCUT2D eigenvalue weighted by Crippen LogP contribution is -2.30. The first-order valence-corrected chi connectivity index (χ1v) is 8.41. The molecular weight excluding hydrogens is 340 g/mol. The van der Waals surface area contributed by atoms with E-state index in [1.54, 1.807) is 24.3 Å². The third-order valence-electron chi connectivity index (χ3n) is 3.34. The van der Waals surface area contributed by atoms with E-state index in [0.29, 0.717) is 17.6 Å². The predicted octanol–water partition coefficient (Wildman–Crippen LogP) is 3.54. The lowest BCUT2D eigenvalue weighted by Gasteiger charge is -2.20. The van der Waals surface area contributed by atoms with Crippen LogP contribution >= 0.6 is 0 Å². The maximum atomic E-state index is 14.0. The highest BCUT2D eigenvalue weighted by atomic mass is 32.2. The van der Waals surface area contributed by atoms with Gasteiger partial charge >= 0.3 is 0 Å². The first-order chi connectivity index (χ1) is 11.5. The Hall–Kier alpha value is -2.45. The zero-order valence-corrected chi connectivity index (χ0v) is 13.2. The summed E-state index contributed by atoms with van der Waals surface area (Å²) in [5, 5.41) is 0. The SMILES string of the molecule is O=S(=O)(c1ccc(F)cc1F)N(Cc1ccco1)Cc1ccco1. The quantitative estimate of drug-likeness (QED) is 0.680. The summed E-state index contributed by atoms with van der Waals surface area (Å²) in [6, 6.07) is 8.77. The highest BCUT2D eigenvalue weighted by Gasteiger charge is 2.29. The third kappa shape index (κ3) is 3.39. The van der Waals surface area contributed by atoms with Gasteiger partial charge in [0, 0.05) is 6.07 Å². The number of hydrogen-bond acceptors (Lipinski definition) is 4. The summed E-state index contributed by atoms with van der Waals surface area (Å²) in [7, 11) is -4.23. The summed E-state index contributed by atoms with van der Waals surface area (Å²) in [6.45, 7) is -0.236. The average molecular weight is 353 g/mol. The molecule has 3 aromatic rings. The summed E-state index contributed by atoms with van der Waals surface area (Å²) in [6.07, 6.45) is 2.82. The van der Waals surface area contributed by atoms with E-state index in [2.05, 4.69) is 0 Å². The largest absolute Gasteiger partial charge is 0.468 e. The summed E-state index contributed by atoms with van der Waals surface area (Å²) in [5.74, 6) is -1.24. The molecule has 0 saturated heterocycles. The molecular formula is C16H13F2NO4S. The van der Waals surface area contributed by atoms with Crippen molar-refractivity contribution >= 4 is 10.0 Å². The molecule has 2 heterocycles. The van der Waals surface area contributed by atoms with Crippen molar-refractivity contribution in [3.63, 3.8) is 0 Å². The molecule has 126 valence electrons. The van der Waals surface area contributed by atoms with E-state index < -0.39 is 26.6 Å². The number of nitrogens with zero attached hydrogens (tertiary/aromatic N) is 1. The van der Waals surface area contributed by atoms with E-state index in [-0.39, 0.29) is 13.1 Å². The molecule has 0 bridgehead atoms. The Morgan fingerprint density at radius 3 is 1.96 bits per heavy atom. The molecule has 3 rings (SSSR count). The van der Waals surface area contributed by atoms with Crippen molar-refractivity contribution in [3.05, 3.63) is 78.1 Å². The first kappa shape index (κ1) is 16.4. The Kier molecular flexibility index (Phi) is 4.50. The second kappa shape index (κ2) is 6.58. The smallest absolute Gasteiger partial charge is 0.246 e. The number of halogens is 2. The third-order valence-corrected chi connectivity index (χ3v) is 5.16. The lowest BCUT2D eigenvalue weighted by atomic mass is 10.3. The molecule has 0 unspecified atom stereocenters. The second-order valence-corrected chi connectivity index (χ2v) is 6.91. The van der Waals surface area contributed by atoms with Crippen LogP contribution in [-0.2, 0) is 23.1 Å². The summed E-state index contributed by atoms with van der Waals surface area (Å²) >= 11 is 0. The van der Waals surface area contributed by atoms with Crippen LogP contribution in [-0.4, -0.2) is 12.7 Å². The van der Waals surface area contributed by atoms with E-state index >= 15 is 0 Å². The molecule has 0 aliphatic carbocycles.